The van der Waals surface area contributed by atoms with Gasteiger partial charge in [-0.05, 0) is 52.0 Å². The highest BCUT2D eigenvalue weighted by Gasteiger charge is 2.35. The van der Waals surface area contributed by atoms with Crippen molar-refractivity contribution in [3.8, 4) is 0 Å². The van der Waals surface area contributed by atoms with E-state index in [1.807, 2.05) is 6.92 Å². The van der Waals surface area contributed by atoms with Crippen LogP contribution in [0.25, 0.3) is 0 Å². The van der Waals surface area contributed by atoms with E-state index in [2.05, 4.69) is 4.90 Å². The summed E-state index contributed by atoms with van der Waals surface area (Å²) in [4.78, 5) is 2.60. The van der Waals surface area contributed by atoms with Crippen LogP contribution in [-0.4, -0.2) is 54.0 Å². The van der Waals surface area contributed by atoms with Crippen molar-refractivity contribution < 1.29 is 9.84 Å². The Balaban J connectivity index is 1.67. The largest absolute Gasteiger partial charge is 0.389 e. The maximum atomic E-state index is 9.85. The van der Waals surface area contributed by atoms with E-state index in [0.29, 0.717) is 18.7 Å². The molecule has 1 heterocycles. The van der Waals surface area contributed by atoms with Crippen LogP contribution in [0.4, 0.5) is 0 Å². The smallest absolute Gasteiger partial charge is 0.0741 e. The molecule has 3 atom stereocenters. The predicted molar refractivity (Wildman–Crippen MR) is 72.5 cm³/mol. The minimum absolute atomic E-state index is 0.356. The van der Waals surface area contributed by atoms with Crippen LogP contribution in [0.2, 0.25) is 0 Å². The molecule has 2 rings (SSSR count). The van der Waals surface area contributed by atoms with Gasteiger partial charge >= 0.3 is 0 Å². The third kappa shape index (κ3) is 3.67. The lowest BCUT2D eigenvalue weighted by molar-refractivity contribution is -0.0563. The second-order valence-electron chi connectivity index (χ2n) is 6.10. The molecule has 0 amide bonds. The first-order valence-corrected chi connectivity index (χ1v) is 7.40. The molecule has 0 aromatic rings. The highest BCUT2D eigenvalue weighted by molar-refractivity contribution is 4.89. The van der Waals surface area contributed by atoms with Gasteiger partial charge in [-0.3, -0.25) is 4.90 Å². The van der Waals surface area contributed by atoms with Crippen molar-refractivity contribution >= 4 is 0 Å². The van der Waals surface area contributed by atoms with Gasteiger partial charge in [0, 0.05) is 19.1 Å². The van der Waals surface area contributed by atoms with Crippen molar-refractivity contribution in [1.29, 1.82) is 0 Å². The predicted octanol–water partition coefficient (Wildman–Crippen LogP) is 1.12. The minimum atomic E-state index is -0.680. The zero-order chi connectivity index (χ0) is 13.0. The summed E-state index contributed by atoms with van der Waals surface area (Å²) < 4.78 is 5.81. The molecular weight excluding hydrogens is 228 g/mol. The van der Waals surface area contributed by atoms with Gasteiger partial charge in [-0.25, -0.2) is 0 Å². The second-order valence-corrected chi connectivity index (χ2v) is 6.10. The molecule has 1 aliphatic heterocycles. The van der Waals surface area contributed by atoms with Crippen LogP contribution in [0.5, 0.6) is 0 Å². The van der Waals surface area contributed by atoms with Gasteiger partial charge in [0.05, 0.1) is 18.3 Å². The lowest BCUT2D eigenvalue weighted by atomic mass is 9.99. The summed E-state index contributed by atoms with van der Waals surface area (Å²) >= 11 is 0. The minimum Gasteiger partial charge on any atom is -0.389 e. The molecule has 18 heavy (non-hydrogen) atoms. The number of aliphatic hydroxyl groups is 1. The van der Waals surface area contributed by atoms with Gasteiger partial charge < -0.3 is 15.6 Å². The van der Waals surface area contributed by atoms with Crippen molar-refractivity contribution in [3.05, 3.63) is 0 Å². The van der Waals surface area contributed by atoms with Gasteiger partial charge in [0.1, 0.15) is 0 Å². The maximum absolute atomic E-state index is 9.85. The Morgan fingerprint density at radius 2 is 2.22 bits per heavy atom. The van der Waals surface area contributed by atoms with Crippen LogP contribution >= 0.6 is 0 Å². The van der Waals surface area contributed by atoms with Crippen molar-refractivity contribution in [3.63, 3.8) is 0 Å². The van der Waals surface area contributed by atoms with Gasteiger partial charge in [0.15, 0.2) is 0 Å². The van der Waals surface area contributed by atoms with Gasteiger partial charge in [-0.15, -0.1) is 0 Å². The molecule has 1 saturated carbocycles. The SMILES string of the molecule is CC(O)(CN)CCCCN1CCOC2CCCC21. The molecule has 3 unspecified atom stereocenters. The first-order valence-electron chi connectivity index (χ1n) is 7.40. The number of ether oxygens (including phenoxy) is 1. The van der Waals surface area contributed by atoms with E-state index >= 15 is 0 Å². The standard InChI is InChI=1S/C14H28N2O2/c1-14(17,11-15)7-2-3-8-16-9-10-18-13-6-4-5-12(13)16/h12-13,17H,2-11,15H2,1H3. The average Bonchev–Trinajstić information content (AvgIpc) is 2.83. The molecule has 0 bridgehead atoms. The summed E-state index contributed by atoms with van der Waals surface area (Å²) in [6.07, 6.45) is 7.35. The van der Waals surface area contributed by atoms with Gasteiger partial charge in [-0.1, -0.05) is 0 Å². The highest BCUT2D eigenvalue weighted by Crippen LogP contribution is 2.29. The summed E-state index contributed by atoms with van der Waals surface area (Å²) in [5, 5.41) is 9.85. The van der Waals surface area contributed by atoms with Crippen LogP contribution in [0.15, 0.2) is 0 Å². The van der Waals surface area contributed by atoms with E-state index < -0.39 is 5.60 Å². The summed E-state index contributed by atoms with van der Waals surface area (Å²) in [6, 6.07) is 0.661. The molecule has 1 saturated heterocycles. The third-order valence-electron chi connectivity index (χ3n) is 4.45. The molecule has 4 heteroatoms. The van der Waals surface area contributed by atoms with Gasteiger partial charge in [0.25, 0.3) is 0 Å². The van der Waals surface area contributed by atoms with Gasteiger partial charge in [0.2, 0.25) is 0 Å². The number of nitrogens with zero attached hydrogens (tertiary/aromatic N) is 1. The average molecular weight is 256 g/mol. The Labute approximate surface area is 110 Å². The molecular formula is C14H28N2O2. The number of fused-ring (bicyclic) bond motifs is 1. The summed E-state index contributed by atoms with van der Waals surface area (Å²) in [5.74, 6) is 0. The summed E-state index contributed by atoms with van der Waals surface area (Å²) in [6.45, 7) is 5.30. The number of nitrogens with two attached hydrogens (primary N) is 1. The van der Waals surface area contributed by atoms with E-state index in [9.17, 15) is 5.11 Å². The fraction of sp³-hybridized carbons (Fsp3) is 1.00. The highest BCUT2D eigenvalue weighted by atomic mass is 16.5. The maximum Gasteiger partial charge on any atom is 0.0741 e. The Hall–Kier alpha value is -0.160. The van der Waals surface area contributed by atoms with Crippen molar-refractivity contribution in [1.82, 2.24) is 4.90 Å². The van der Waals surface area contributed by atoms with Crippen LogP contribution in [-0.2, 0) is 4.74 Å². The lowest BCUT2D eigenvalue weighted by Crippen LogP contribution is -2.48. The zero-order valence-electron chi connectivity index (χ0n) is 11.6. The third-order valence-corrected chi connectivity index (χ3v) is 4.45. The van der Waals surface area contributed by atoms with E-state index in [1.165, 1.54) is 19.3 Å². The molecule has 106 valence electrons. The topological polar surface area (TPSA) is 58.7 Å². The van der Waals surface area contributed by atoms with Crippen LogP contribution in [0, 0.1) is 0 Å². The van der Waals surface area contributed by atoms with Crippen LogP contribution in [0.1, 0.15) is 45.4 Å². The fourth-order valence-corrected chi connectivity index (χ4v) is 3.21. The summed E-state index contributed by atoms with van der Waals surface area (Å²) in [7, 11) is 0. The molecule has 0 radical (unpaired) electrons. The van der Waals surface area contributed by atoms with Crippen LogP contribution < -0.4 is 5.73 Å². The zero-order valence-corrected chi connectivity index (χ0v) is 11.6. The van der Waals surface area contributed by atoms with Crippen molar-refractivity contribution in [2.75, 3.05) is 26.2 Å². The van der Waals surface area contributed by atoms with E-state index in [-0.39, 0.29) is 0 Å². The van der Waals surface area contributed by atoms with Crippen molar-refractivity contribution in [2.45, 2.75) is 63.2 Å². The van der Waals surface area contributed by atoms with Gasteiger partial charge in [-0.2, -0.15) is 0 Å². The number of hydrogen-bond donors (Lipinski definition) is 2. The number of hydrogen-bond acceptors (Lipinski definition) is 4. The number of morpholine rings is 1. The fourth-order valence-electron chi connectivity index (χ4n) is 3.21. The molecule has 0 aromatic heterocycles. The quantitative estimate of drug-likeness (QED) is 0.699. The summed E-state index contributed by atoms with van der Waals surface area (Å²) in [5.41, 5.74) is 4.84. The monoisotopic (exact) mass is 256 g/mol. The van der Waals surface area contributed by atoms with Crippen LogP contribution in [0.3, 0.4) is 0 Å². The lowest BCUT2D eigenvalue weighted by Gasteiger charge is -2.37. The first kappa shape index (κ1) is 14.3. The Morgan fingerprint density at radius 1 is 1.39 bits per heavy atom. The Bertz CT molecular complexity index is 258. The molecule has 4 nitrogen and oxygen atoms in total. The molecule has 1 aliphatic carbocycles. The molecule has 0 aromatic carbocycles. The van der Waals surface area contributed by atoms with E-state index in [0.717, 1.165) is 39.0 Å². The number of rotatable bonds is 6. The normalized spacial score (nSPS) is 32.2. The first-order chi connectivity index (χ1) is 8.62. The second kappa shape index (κ2) is 6.33. The van der Waals surface area contributed by atoms with Crippen molar-refractivity contribution in [2.24, 2.45) is 5.73 Å². The van der Waals surface area contributed by atoms with E-state index in [4.69, 9.17) is 10.5 Å². The number of unbranched alkanes of at least 4 members (excludes halogenated alkanes) is 1. The molecule has 2 fully saturated rings. The Morgan fingerprint density at radius 3 is 3.00 bits per heavy atom. The molecule has 2 aliphatic rings. The molecule has 0 spiro atoms. The Kier molecular flexibility index (Phi) is 5.01. The molecule has 3 N–H and O–H groups in total. The van der Waals surface area contributed by atoms with E-state index in [1.54, 1.807) is 0 Å².